The quantitative estimate of drug-likeness (QED) is 0.435. The molecule has 0 aliphatic heterocycles. The summed E-state index contributed by atoms with van der Waals surface area (Å²) >= 11 is 0. The lowest BCUT2D eigenvalue weighted by Crippen LogP contribution is -2.34. The maximum absolute atomic E-state index is 12.2. The van der Waals surface area contributed by atoms with Gasteiger partial charge in [0.05, 0.1) is 12.1 Å². The number of carbonyl (C=O) groups excluding carboxylic acids is 4. The predicted octanol–water partition coefficient (Wildman–Crippen LogP) is 3.02. The van der Waals surface area contributed by atoms with Gasteiger partial charge in [-0.3, -0.25) is 9.59 Å². The van der Waals surface area contributed by atoms with Crippen molar-refractivity contribution >= 4 is 23.8 Å². The first-order valence-corrected chi connectivity index (χ1v) is 12.3. The molecule has 2 atom stereocenters. The van der Waals surface area contributed by atoms with Crippen molar-refractivity contribution in [1.29, 1.82) is 0 Å². The van der Waals surface area contributed by atoms with Gasteiger partial charge in [0.2, 0.25) is 0 Å². The molecule has 2 unspecified atom stereocenters. The highest BCUT2D eigenvalue weighted by Crippen LogP contribution is 2.30. The molecule has 2 N–H and O–H groups in total. The largest absolute Gasteiger partial charge is 0.452 e. The van der Waals surface area contributed by atoms with Crippen LogP contribution >= 0.6 is 0 Å². The molecule has 4 rings (SSSR count). The average Bonchev–Trinajstić information content (AvgIpc) is 2.90. The molecule has 8 heteroatoms. The highest BCUT2D eigenvalue weighted by Gasteiger charge is 2.23. The van der Waals surface area contributed by atoms with E-state index in [1.54, 1.807) is 0 Å². The molecule has 8 nitrogen and oxygen atoms in total. The number of nitrogens with one attached hydrogen (secondary N) is 2. The zero-order valence-corrected chi connectivity index (χ0v) is 20.0. The molecular formula is C28H30N2O6. The number of rotatable bonds is 8. The lowest BCUT2D eigenvalue weighted by molar-refractivity contribution is -0.145. The molecule has 0 spiro atoms. The maximum Gasteiger partial charge on any atom is 0.331 e. The molecule has 0 saturated heterocycles. The molecule has 0 bridgehead atoms. The Bertz CT molecular complexity index is 1070. The van der Waals surface area contributed by atoms with Gasteiger partial charge in [-0.25, -0.2) is 9.59 Å². The van der Waals surface area contributed by atoms with Crippen LogP contribution < -0.4 is 10.6 Å². The van der Waals surface area contributed by atoms with Crippen LogP contribution in [-0.4, -0.2) is 37.0 Å². The van der Waals surface area contributed by atoms with Gasteiger partial charge in [0.1, 0.15) is 0 Å². The second-order valence-corrected chi connectivity index (χ2v) is 8.97. The summed E-state index contributed by atoms with van der Waals surface area (Å²) in [6.07, 6.45) is 7.30. The molecule has 2 aliphatic carbocycles. The zero-order chi connectivity index (χ0) is 25.3. The first-order chi connectivity index (χ1) is 17.5. The number of amides is 2. The first kappa shape index (κ1) is 25.2. The number of carbonyl (C=O) groups is 4. The molecule has 0 heterocycles. The van der Waals surface area contributed by atoms with Gasteiger partial charge in [0.25, 0.3) is 11.8 Å². The number of benzene rings is 2. The van der Waals surface area contributed by atoms with E-state index in [4.69, 9.17) is 9.47 Å². The van der Waals surface area contributed by atoms with Crippen molar-refractivity contribution in [2.45, 2.75) is 50.6 Å². The summed E-state index contributed by atoms with van der Waals surface area (Å²) in [5, 5.41) is 5.78. The van der Waals surface area contributed by atoms with Crippen LogP contribution in [0.4, 0.5) is 0 Å². The normalized spacial score (nSPS) is 18.4. The summed E-state index contributed by atoms with van der Waals surface area (Å²) < 4.78 is 9.84. The van der Waals surface area contributed by atoms with E-state index in [9.17, 15) is 19.2 Å². The minimum atomic E-state index is -0.852. The number of esters is 2. The van der Waals surface area contributed by atoms with Crippen LogP contribution in [0.1, 0.15) is 60.0 Å². The van der Waals surface area contributed by atoms with Crippen LogP contribution in [-0.2, 0) is 41.5 Å². The van der Waals surface area contributed by atoms with Crippen LogP contribution in [0, 0.1) is 0 Å². The lowest BCUT2D eigenvalue weighted by Gasteiger charge is -2.26. The second kappa shape index (κ2) is 12.2. The number of aryl methyl sites for hydroxylation is 2. The first-order valence-electron chi connectivity index (χ1n) is 12.3. The highest BCUT2D eigenvalue weighted by molar-refractivity contribution is 5.93. The number of hydrogen-bond donors (Lipinski definition) is 2. The minimum absolute atomic E-state index is 0.111. The van der Waals surface area contributed by atoms with Crippen LogP contribution in [0.15, 0.2) is 60.7 Å². The standard InChI is InChI=1S/C28H30N2O6/c31-25(29-23-13-5-9-19-7-1-3-11-21(19)23)17-35-27(33)15-16-28(34)36-18-26(32)30-24-14-6-10-20-8-2-4-12-22(20)24/h1-4,7-8,11-12,15-16,23-24H,5-6,9-10,13-14,17-18H2,(H,29,31)(H,30,32). The molecule has 36 heavy (non-hydrogen) atoms. The summed E-state index contributed by atoms with van der Waals surface area (Å²) in [5.74, 6) is -2.53. The van der Waals surface area contributed by atoms with Crippen molar-refractivity contribution < 1.29 is 28.7 Å². The third-order valence-electron chi connectivity index (χ3n) is 6.46. The third-order valence-corrected chi connectivity index (χ3v) is 6.46. The topological polar surface area (TPSA) is 111 Å². The molecular weight excluding hydrogens is 460 g/mol. The Morgan fingerprint density at radius 3 is 1.56 bits per heavy atom. The summed E-state index contributed by atoms with van der Waals surface area (Å²) in [4.78, 5) is 48.2. The van der Waals surface area contributed by atoms with Crippen LogP contribution in [0.2, 0.25) is 0 Å². The summed E-state index contributed by atoms with van der Waals surface area (Å²) in [7, 11) is 0. The Morgan fingerprint density at radius 1 is 0.694 bits per heavy atom. The van der Waals surface area contributed by atoms with Crippen molar-refractivity contribution in [3.63, 3.8) is 0 Å². The van der Waals surface area contributed by atoms with Crippen molar-refractivity contribution in [2.24, 2.45) is 0 Å². The number of ether oxygens (including phenoxy) is 2. The smallest absolute Gasteiger partial charge is 0.331 e. The van der Waals surface area contributed by atoms with Gasteiger partial charge in [-0.15, -0.1) is 0 Å². The van der Waals surface area contributed by atoms with Gasteiger partial charge in [-0.2, -0.15) is 0 Å². The van der Waals surface area contributed by atoms with Crippen molar-refractivity contribution in [1.82, 2.24) is 10.6 Å². The van der Waals surface area contributed by atoms with Gasteiger partial charge in [-0.1, -0.05) is 48.5 Å². The van der Waals surface area contributed by atoms with E-state index in [0.29, 0.717) is 0 Å². The SMILES string of the molecule is O=C(COC(=O)C=CC(=O)OCC(=O)NC1CCCc2ccccc21)NC1CCCc2ccccc21. The van der Waals surface area contributed by atoms with E-state index in [2.05, 4.69) is 22.8 Å². The van der Waals surface area contributed by atoms with Gasteiger partial charge >= 0.3 is 11.9 Å². The van der Waals surface area contributed by atoms with Crippen LogP contribution in [0.25, 0.3) is 0 Å². The van der Waals surface area contributed by atoms with E-state index < -0.39 is 37.0 Å². The summed E-state index contributed by atoms with van der Waals surface area (Å²) in [6.45, 7) is -0.912. The summed E-state index contributed by atoms with van der Waals surface area (Å²) in [5.41, 5.74) is 4.60. The van der Waals surface area contributed by atoms with Crippen molar-refractivity contribution in [2.75, 3.05) is 13.2 Å². The molecule has 2 aromatic carbocycles. The molecule has 2 aliphatic rings. The van der Waals surface area contributed by atoms with Gasteiger partial charge in [0, 0.05) is 12.2 Å². The Labute approximate surface area is 210 Å². The maximum atomic E-state index is 12.2. The van der Waals surface area contributed by atoms with Crippen LogP contribution in [0.5, 0.6) is 0 Å². The molecule has 0 aromatic heterocycles. The van der Waals surface area contributed by atoms with E-state index in [-0.39, 0.29) is 12.1 Å². The second-order valence-electron chi connectivity index (χ2n) is 8.97. The van der Waals surface area contributed by atoms with Crippen molar-refractivity contribution in [3.8, 4) is 0 Å². The number of fused-ring (bicyclic) bond motifs is 2. The van der Waals surface area contributed by atoms with Crippen molar-refractivity contribution in [3.05, 3.63) is 82.9 Å². The molecule has 2 aromatic rings. The van der Waals surface area contributed by atoms with E-state index >= 15 is 0 Å². The van der Waals surface area contributed by atoms with Gasteiger partial charge in [-0.05, 0) is 60.8 Å². The molecule has 2 amide bonds. The lowest BCUT2D eigenvalue weighted by atomic mass is 9.88. The molecule has 0 fully saturated rings. The molecule has 188 valence electrons. The zero-order valence-electron chi connectivity index (χ0n) is 20.0. The van der Waals surface area contributed by atoms with Crippen LogP contribution in [0.3, 0.4) is 0 Å². The Hall–Kier alpha value is -3.94. The third kappa shape index (κ3) is 6.81. The monoisotopic (exact) mass is 490 g/mol. The Morgan fingerprint density at radius 2 is 1.11 bits per heavy atom. The fourth-order valence-corrected chi connectivity index (χ4v) is 4.79. The van der Waals surface area contributed by atoms with E-state index in [1.807, 2.05) is 36.4 Å². The predicted molar refractivity (Wildman–Crippen MR) is 132 cm³/mol. The fraction of sp³-hybridized carbons (Fsp3) is 0.357. The molecule has 0 saturated carbocycles. The Kier molecular flexibility index (Phi) is 8.49. The van der Waals surface area contributed by atoms with E-state index in [1.165, 1.54) is 11.1 Å². The highest BCUT2D eigenvalue weighted by atomic mass is 16.5. The minimum Gasteiger partial charge on any atom is -0.452 e. The molecule has 0 radical (unpaired) electrons. The fourth-order valence-electron chi connectivity index (χ4n) is 4.79. The summed E-state index contributed by atoms with van der Waals surface area (Å²) in [6, 6.07) is 15.7. The number of hydrogen-bond acceptors (Lipinski definition) is 6. The van der Waals surface area contributed by atoms with Gasteiger partial charge in [0.15, 0.2) is 13.2 Å². The Balaban J connectivity index is 1.15. The average molecular weight is 491 g/mol. The van der Waals surface area contributed by atoms with Gasteiger partial charge < -0.3 is 20.1 Å². The van der Waals surface area contributed by atoms with E-state index in [0.717, 1.165) is 61.8 Å².